The number of hydrogen-bond acceptors (Lipinski definition) is 3. The lowest BCUT2D eigenvalue weighted by Gasteiger charge is -1.96. The molecule has 0 saturated carbocycles. The molecule has 60 valence electrons. The summed E-state index contributed by atoms with van der Waals surface area (Å²) in [5, 5.41) is 8.65. The van der Waals surface area contributed by atoms with Gasteiger partial charge in [0.1, 0.15) is 5.75 Å². The fraction of sp³-hybridized carbons (Fsp3) is 0.167. The van der Waals surface area contributed by atoms with E-state index in [-0.39, 0.29) is 0 Å². The van der Waals surface area contributed by atoms with Crippen molar-refractivity contribution >= 4 is 0 Å². The zero-order valence-electron chi connectivity index (χ0n) is 5.25. The molecule has 0 aromatic carbocycles. The predicted molar refractivity (Wildman–Crippen MR) is 31.6 cm³/mol. The standard InChI is InChI=1S/C6H4F2O3/c7-6(8)4-1-3(9)2-5(10)11-4/h1-2,6,9H. The molecule has 0 fully saturated rings. The molecule has 5 heteroatoms. The van der Waals surface area contributed by atoms with Crippen LogP contribution < -0.4 is 5.63 Å². The van der Waals surface area contributed by atoms with Gasteiger partial charge in [-0.05, 0) is 0 Å². The van der Waals surface area contributed by atoms with Gasteiger partial charge in [0.05, 0.1) is 6.07 Å². The van der Waals surface area contributed by atoms with E-state index in [9.17, 15) is 13.6 Å². The van der Waals surface area contributed by atoms with Crippen LogP contribution in [-0.4, -0.2) is 5.11 Å². The van der Waals surface area contributed by atoms with E-state index in [1.54, 1.807) is 0 Å². The Morgan fingerprint density at radius 1 is 1.45 bits per heavy atom. The SMILES string of the molecule is O=c1cc(O)cc(C(F)F)o1. The highest BCUT2D eigenvalue weighted by Gasteiger charge is 2.11. The van der Waals surface area contributed by atoms with Crippen LogP contribution in [-0.2, 0) is 0 Å². The molecule has 11 heavy (non-hydrogen) atoms. The van der Waals surface area contributed by atoms with E-state index in [4.69, 9.17) is 5.11 Å². The van der Waals surface area contributed by atoms with Crippen LogP contribution in [0.25, 0.3) is 0 Å². The first kappa shape index (κ1) is 7.71. The number of hydrogen-bond donors (Lipinski definition) is 1. The summed E-state index contributed by atoms with van der Waals surface area (Å²) < 4.78 is 27.6. The molecule has 0 aliphatic heterocycles. The summed E-state index contributed by atoms with van der Waals surface area (Å²) in [6, 6.07) is 1.41. The van der Waals surface area contributed by atoms with Crippen molar-refractivity contribution < 1.29 is 18.3 Å². The Morgan fingerprint density at radius 2 is 2.09 bits per heavy atom. The van der Waals surface area contributed by atoms with Crippen molar-refractivity contribution in [2.75, 3.05) is 0 Å². The molecule has 1 rings (SSSR count). The molecular weight excluding hydrogens is 158 g/mol. The van der Waals surface area contributed by atoms with Crippen molar-refractivity contribution in [3.63, 3.8) is 0 Å². The maximum atomic E-state index is 11.8. The summed E-state index contributed by atoms with van der Waals surface area (Å²) in [7, 11) is 0. The van der Waals surface area contributed by atoms with Gasteiger partial charge >= 0.3 is 5.63 Å². The minimum atomic E-state index is -2.88. The predicted octanol–water partition coefficient (Wildman–Crippen LogP) is 1.28. The quantitative estimate of drug-likeness (QED) is 0.676. The van der Waals surface area contributed by atoms with E-state index in [1.807, 2.05) is 0 Å². The Morgan fingerprint density at radius 3 is 2.55 bits per heavy atom. The molecule has 0 aliphatic carbocycles. The summed E-state index contributed by atoms with van der Waals surface area (Å²) in [5.41, 5.74) is -0.986. The Balaban J connectivity index is 3.19. The Labute approximate surface area is 59.9 Å². The summed E-state index contributed by atoms with van der Waals surface area (Å²) in [4.78, 5) is 10.4. The first-order valence-corrected chi connectivity index (χ1v) is 2.72. The average molecular weight is 162 g/mol. The van der Waals surface area contributed by atoms with Crippen LogP contribution in [0.4, 0.5) is 8.78 Å². The minimum absolute atomic E-state index is 0.517. The van der Waals surface area contributed by atoms with Crippen molar-refractivity contribution in [3.8, 4) is 5.75 Å². The molecule has 0 amide bonds. The largest absolute Gasteiger partial charge is 0.508 e. The zero-order chi connectivity index (χ0) is 8.43. The van der Waals surface area contributed by atoms with Gasteiger partial charge in [-0.3, -0.25) is 0 Å². The van der Waals surface area contributed by atoms with Crippen LogP contribution in [0.15, 0.2) is 21.3 Å². The number of halogens is 2. The fourth-order valence-electron chi connectivity index (χ4n) is 0.591. The molecule has 0 spiro atoms. The summed E-state index contributed by atoms with van der Waals surface area (Å²) in [5.74, 6) is -1.34. The van der Waals surface area contributed by atoms with Gasteiger partial charge in [0, 0.05) is 6.07 Å². The summed E-state index contributed by atoms with van der Waals surface area (Å²) in [6.07, 6.45) is -2.88. The highest BCUT2D eigenvalue weighted by Crippen LogP contribution is 2.19. The van der Waals surface area contributed by atoms with E-state index >= 15 is 0 Å². The Hall–Kier alpha value is -1.39. The average Bonchev–Trinajstić information content (AvgIpc) is 1.85. The summed E-state index contributed by atoms with van der Waals surface area (Å²) >= 11 is 0. The lowest BCUT2D eigenvalue weighted by Crippen LogP contribution is -1.98. The molecule has 0 bridgehead atoms. The normalized spacial score (nSPS) is 10.5. The van der Waals surface area contributed by atoms with Gasteiger partial charge in [0.15, 0.2) is 5.76 Å². The van der Waals surface area contributed by atoms with E-state index in [0.717, 1.165) is 0 Å². The molecule has 3 nitrogen and oxygen atoms in total. The third-order valence-corrected chi connectivity index (χ3v) is 0.989. The lowest BCUT2D eigenvalue weighted by atomic mass is 10.4. The van der Waals surface area contributed by atoms with Crippen molar-refractivity contribution in [2.45, 2.75) is 6.43 Å². The summed E-state index contributed by atoms with van der Waals surface area (Å²) in [6.45, 7) is 0. The van der Waals surface area contributed by atoms with Gasteiger partial charge in [-0.15, -0.1) is 0 Å². The Kier molecular flexibility index (Phi) is 1.89. The molecule has 0 radical (unpaired) electrons. The highest BCUT2D eigenvalue weighted by molar-refractivity contribution is 5.18. The molecule has 0 aliphatic rings. The van der Waals surface area contributed by atoms with Gasteiger partial charge in [-0.25, -0.2) is 13.6 Å². The van der Waals surface area contributed by atoms with E-state index in [1.165, 1.54) is 0 Å². The first-order chi connectivity index (χ1) is 5.09. The van der Waals surface area contributed by atoms with E-state index < -0.39 is 23.6 Å². The number of aromatic hydroxyl groups is 1. The zero-order valence-corrected chi connectivity index (χ0v) is 5.25. The maximum absolute atomic E-state index is 11.8. The van der Waals surface area contributed by atoms with E-state index in [2.05, 4.69) is 4.42 Å². The Bertz CT molecular complexity index is 305. The number of rotatable bonds is 1. The van der Waals surface area contributed by atoms with Gasteiger partial charge in [0.25, 0.3) is 6.43 Å². The molecule has 1 aromatic heterocycles. The van der Waals surface area contributed by atoms with Crippen LogP contribution in [0, 0.1) is 0 Å². The van der Waals surface area contributed by atoms with Crippen LogP contribution in [0.3, 0.4) is 0 Å². The molecule has 1 N–H and O–H groups in total. The molecule has 1 aromatic rings. The maximum Gasteiger partial charge on any atom is 0.339 e. The van der Waals surface area contributed by atoms with Crippen molar-refractivity contribution in [1.82, 2.24) is 0 Å². The van der Waals surface area contributed by atoms with Gasteiger partial charge in [0.2, 0.25) is 0 Å². The van der Waals surface area contributed by atoms with Crippen LogP contribution >= 0.6 is 0 Å². The van der Waals surface area contributed by atoms with Crippen molar-refractivity contribution in [1.29, 1.82) is 0 Å². The van der Waals surface area contributed by atoms with E-state index in [0.29, 0.717) is 12.1 Å². The third-order valence-electron chi connectivity index (χ3n) is 0.989. The van der Waals surface area contributed by atoms with Crippen LogP contribution in [0.1, 0.15) is 12.2 Å². The second-order valence-electron chi connectivity index (χ2n) is 1.84. The minimum Gasteiger partial charge on any atom is -0.508 e. The smallest absolute Gasteiger partial charge is 0.339 e. The molecule has 0 atom stereocenters. The second kappa shape index (κ2) is 2.69. The fourth-order valence-corrected chi connectivity index (χ4v) is 0.591. The van der Waals surface area contributed by atoms with Crippen molar-refractivity contribution in [2.24, 2.45) is 0 Å². The number of alkyl halides is 2. The van der Waals surface area contributed by atoms with Crippen LogP contribution in [0.2, 0.25) is 0 Å². The monoisotopic (exact) mass is 162 g/mol. The van der Waals surface area contributed by atoms with Gasteiger partial charge < -0.3 is 9.52 Å². The molecular formula is C6H4F2O3. The molecule has 0 saturated heterocycles. The molecule has 1 heterocycles. The molecule has 0 unspecified atom stereocenters. The van der Waals surface area contributed by atoms with Crippen LogP contribution in [0.5, 0.6) is 5.75 Å². The second-order valence-corrected chi connectivity index (χ2v) is 1.84. The van der Waals surface area contributed by atoms with Gasteiger partial charge in [-0.1, -0.05) is 0 Å². The first-order valence-electron chi connectivity index (χ1n) is 2.72. The third kappa shape index (κ3) is 1.76. The topological polar surface area (TPSA) is 50.4 Å². The highest BCUT2D eigenvalue weighted by atomic mass is 19.3. The van der Waals surface area contributed by atoms with Crippen molar-refractivity contribution in [3.05, 3.63) is 28.3 Å². The lowest BCUT2D eigenvalue weighted by molar-refractivity contribution is 0.116. The van der Waals surface area contributed by atoms with Gasteiger partial charge in [-0.2, -0.15) is 0 Å².